The van der Waals surface area contributed by atoms with E-state index in [1.165, 1.54) is 12.1 Å². The van der Waals surface area contributed by atoms with Gasteiger partial charge in [0.05, 0.1) is 18.7 Å². The molecule has 0 atom stereocenters. The van der Waals surface area contributed by atoms with E-state index in [9.17, 15) is 14.4 Å². The van der Waals surface area contributed by atoms with Crippen LogP contribution in [0.1, 0.15) is 25.3 Å². The van der Waals surface area contributed by atoms with Crippen molar-refractivity contribution in [1.29, 1.82) is 0 Å². The van der Waals surface area contributed by atoms with Crippen LogP contribution in [0.4, 0.5) is 4.39 Å². The highest BCUT2D eigenvalue weighted by Gasteiger charge is 2.24. The molecule has 1 aromatic carbocycles. The van der Waals surface area contributed by atoms with Gasteiger partial charge in [-0.1, -0.05) is 0 Å². The van der Waals surface area contributed by atoms with E-state index in [1.54, 1.807) is 19.1 Å². The predicted octanol–water partition coefficient (Wildman–Crippen LogP) is 2.52. The van der Waals surface area contributed by atoms with Crippen LogP contribution in [0, 0.1) is 5.82 Å². The first-order valence-corrected chi connectivity index (χ1v) is 6.35. The number of allylic oxidation sites excluding steroid dienone is 1. The zero-order valence-electron chi connectivity index (χ0n) is 11.1. The zero-order valence-corrected chi connectivity index (χ0v) is 11.1. The average molecular weight is 281 g/mol. The van der Waals surface area contributed by atoms with E-state index in [0.717, 1.165) is 5.06 Å². The summed E-state index contributed by atoms with van der Waals surface area (Å²) in [6.45, 7) is 2.05. The molecular formula is C14H16FNO4. The van der Waals surface area contributed by atoms with Crippen molar-refractivity contribution in [3.63, 3.8) is 0 Å². The van der Waals surface area contributed by atoms with Crippen molar-refractivity contribution in [3.05, 3.63) is 41.3 Å². The van der Waals surface area contributed by atoms with Gasteiger partial charge in [-0.05, 0) is 31.2 Å². The van der Waals surface area contributed by atoms with Gasteiger partial charge >= 0.3 is 5.97 Å². The van der Waals surface area contributed by atoms with Gasteiger partial charge in [-0.15, -0.1) is 0 Å². The molecule has 0 spiro atoms. The molecule has 1 aliphatic heterocycles. The summed E-state index contributed by atoms with van der Waals surface area (Å²) in [4.78, 5) is 11.4. The van der Waals surface area contributed by atoms with Gasteiger partial charge in [0.1, 0.15) is 5.82 Å². The van der Waals surface area contributed by atoms with Crippen molar-refractivity contribution >= 4 is 11.7 Å². The van der Waals surface area contributed by atoms with E-state index in [4.69, 9.17) is 9.47 Å². The maximum atomic E-state index is 12.9. The number of hydroxylamine groups is 2. The number of ether oxygens (including phenoxy) is 2. The number of carbonyl (C=O) groups excluding carboxylic acids is 1. The van der Waals surface area contributed by atoms with Crippen molar-refractivity contribution in [2.45, 2.75) is 19.8 Å². The summed E-state index contributed by atoms with van der Waals surface area (Å²) in [5.41, 5.74) is 1.14. The van der Waals surface area contributed by atoms with Crippen LogP contribution in [0.15, 0.2) is 30.0 Å². The number of esters is 1. The summed E-state index contributed by atoms with van der Waals surface area (Å²) in [5, 5.41) is 10.7. The molecule has 1 aliphatic rings. The molecule has 0 radical (unpaired) electrons. The molecule has 0 saturated carbocycles. The van der Waals surface area contributed by atoms with E-state index in [0.29, 0.717) is 30.0 Å². The normalized spacial score (nSPS) is 14.4. The van der Waals surface area contributed by atoms with Gasteiger partial charge in [0.15, 0.2) is 12.5 Å². The lowest BCUT2D eigenvalue weighted by Gasteiger charge is -2.10. The first-order chi connectivity index (χ1) is 9.61. The van der Waals surface area contributed by atoms with Crippen LogP contribution in [-0.4, -0.2) is 29.6 Å². The molecule has 0 bridgehead atoms. The molecule has 0 amide bonds. The Balaban J connectivity index is 2.14. The van der Waals surface area contributed by atoms with E-state index < -0.39 is 0 Å². The van der Waals surface area contributed by atoms with Crippen LogP contribution < -0.4 is 0 Å². The molecule has 0 saturated heterocycles. The number of nitrogens with zero attached hydrogens (tertiary/aromatic N) is 1. The minimum Gasteiger partial charge on any atom is -0.468 e. The van der Waals surface area contributed by atoms with Crippen molar-refractivity contribution < 1.29 is 23.9 Å². The minimum atomic E-state index is -0.346. The summed E-state index contributed by atoms with van der Waals surface area (Å²) >= 11 is 0. The third-order valence-corrected chi connectivity index (χ3v) is 2.88. The zero-order chi connectivity index (χ0) is 14.5. The second-order valence-electron chi connectivity index (χ2n) is 4.26. The van der Waals surface area contributed by atoms with Crippen LogP contribution in [-0.2, 0) is 14.3 Å². The first-order valence-electron chi connectivity index (χ1n) is 6.35. The van der Waals surface area contributed by atoms with E-state index >= 15 is 0 Å². The average Bonchev–Trinajstić information content (AvgIpc) is 2.79. The Kier molecular flexibility index (Phi) is 4.57. The molecule has 0 aromatic heterocycles. The predicted molar refractivity (Wildman–Crippen MR) is 68.8 cm³/mol. The molecule has 1 N–H and O–H groups in total. The highest BCUT2D eigenvalue weighted by molar-refractivity contribution is 5.71. The lowest BCUT2D eigenvalue weighted by atomic mass is 10.1. The van der Waals surface area contributed by atoms with Crippen LogP contribution in [0.3, 0.4) is 0 Å². The van der Waals surface area contributed by atoms with Crippen molar-refractivity contribution in [2.24, 2.45) is 0 Å². The fraction of sp³-hybridized carbons (Fsp3) is 0.357. The number of hydrogen-bond donors (Lipinski definition) is 1. The van der Waals surface area contributed by atoms with E-state index in [1.807, 2.05) is 0 Å². The molecule has 1 aromatic rings. The van der Waals surface area contributed by atoms with Crippen molar-refractivity contribution in [1.82, 2.24) is 5.06 Å². The second kappa shape index (κ2) is 6.38. The minimum absolute atomic E-state index is 0.00906. The third-order valence-electron chi connectivity index (χ3n) is 2.88. The first kappa shape index (κ1) is 14.3. The molecule has 6 heteroatoms. The van der Waals surface area contributed by atoms with Gasteiger partial charge in [0, 0.05) is 12.0 Å². The standard InChI is InChI=1S/C14H16FNO4/c1-2-19-13(17)8-7-12-14(20-9-16(12)18)10-3-5-11(15)6-4-10/h3-6,18H,2,7-9H2,1H3. The van der Waals surface area contributed by atoms with Crippen LogP contribution >= 0.6 is 0 Å². The van der Waals surface area contributed by atoms with Crippen LogP contribution in [0.2, 0.25) is 0 Å². The Bertz CT molecular complexity index is 512. The lowest BCUT2D eigenvalue weighted by molar-refractivity contribution is -0.143. The molecule has 0 unspecified atom stereocenters. The summed E-state index contributed by atoms with van der Waals surface area (Å²) in [7, 11) is 0. The Morgan fingerprint density at radius 2 is 2.15 bits per heavy atom. The quantitative estimate of drug-likeness (QED) is 0.840. The molecular weight excluding hydrogens is 265 g/mol. The molecule has 5 nitrogen and oxygen atoms in total. The van der Waals surface area contributed by atoms with Crippen molar-refractivity contribution in [3.8, 4) is 0 Å². The monoisotopic (exact) mass is 281 g/mol. The summed E-state index contributed by atoms with van der Waals surface area (Å²) in [6.07, 6.45) is 0.441. The van der Waals surface area contributed by atoms with E-state index in [-0.39, 0.29) is 24.9 Å². The van der Waals surface area contributed by atoms with Gasteiger partial charge in [0.2, 0.25) is 0 Å². The van der Waals surface area contributed by atoms with Crippen LogP contribution in [0.5, 0.6) is 0 Å². The number of hydrogen-bond acceptors (Lipinski definition) is 5. The van der Waals surface area contributed by atoms with Gasteiger partial charge in [-0.2, -0.15) is 0 Å². The fourth-order valence-electron chi connectivity index (χ4n) is 1.95. The maximum absolute atomic E-state index is 12.9. The third kappa shape index (κ3) is 3.27. The van der Waals surface area contributed by atoms with Gasteiger partial charge < -0.3 is 9.47 Å². The van der Waals surface area contributed by atoms with Gasteiger partial charge in [0.25, 0.3) is 0 Å². The lowest BCUT2D eigenvalue weighted by Crippen LogP contribution is -2.16. The number of benzene rings is 1. The SMILES string of the molecule is CCOC(=O)CCC1=C(c2ccc(F)cc2)OCN1O. The molecule has 0 fully saturated rings. The highest BCUT2D eigenvalue weighted by atomic mass is 19.1. The Hall–Kier alpha value is -2.08. The van der Waals surface area contributed by atoms with Crippen molar-refractivity contribution in [2.75, 3.05) is 13.3 Å². The number of rotatable bonds is 5. The summed E-state index contributed by atoms with van der Waals surface area (Å²) in [6, 6.07) is 5.76. The van der Waals surface area contributed by atoms with Gasteiger partial charge in [-0.3, -0.25) is 10.0 Å². The molecule has 2 rings (SSSR count). The molecule has 108 valence electrons. The number of halogens is 1. The van der Waals surface area contributed by atoms with E-state index in [2.05, 4.69) is 0 Å². The fourth-order valence-corrected chi connectivity index (χ4v) is 1.95. The summed E-state index contributed by atoms with van der Waals surface area (Å²) < 4.78 is 23.1. The topological polar surface area (TPSA) is 59.0 Å². The molecule has 0 aliphatic carbocycles. The second-order valence-corrected chi connectivity index (χ2v) is 4.26. The number of carbonyl (C=O) groups is 1. The molecule has 1 heterocycles. The summed E-state index contributed by atoms with van der Waals surface area (Å²) in [5.74, 6) is -0.225. The molecule has 20 heavy (non-hydrogen) atoms. The van der Waals surface area contributed by atoms with Gasteiger partial charge in [-0.25, -0.2) is 9.45 Å². The Morgan fingerprint density at radius 3 is 2.80 bits per heavy atom. The Morgan fingerprint density at radius 1 is 1.45 bits per heavy atom. The Labute approximate surface area is 116 Å². The smallest absolute Gasteiger partial charge is 0.306 e. The highest BCUT2D eigenvalue weighted by Crippen LogP contribution is 2.30. The largest absolute Gasteiger partial charge is 0.468 e. The maximum Gasteiger partial charge on any atom is 0.306 e. The van der Waals surface area contributed by atoms with Crippen LogP contribution in [0.25, 0.3) is 5.76 Å².